The van der Waals surface area contributed by atoms with Crippen molar-refractivity contribution in [3.8, 4) is 51.0 Å². The third-order valence-corrected chi connectivity index (χ3v) is 11.8. The van der Waals surface area contributed by atoms with Gasteiger partial charge < -0.3 is 4.57 Å². The first-order valence-electron chi connectivity index (χ1n) is 20.0. The summed E-state index contributed by atoms with van der Waals surface area (Å²) in [5.41, 5.74) is 8.69. The van der Waals surface area contributed by atoms with Crippen molar-refractivity contribution in [3.05, 3.63) is 206 Å². The Bertz CT molecular complexity index is 3510. The van der Waals surface area contributed by atoms with Gasteiger partial charge in [0.2, 0.25) is 0 Å². The lowest BCUT2D eigenvalue weighted by atomic mass is 10.0. The highest BCUT2D eigenvalue weighted by molar-refractivity contribution is 6.22. The standard InChI is InChI=1S/C55H34N4/c1-2-14-35(15-3-1)39-28-30-48-51(34-39)59(50-32-29-38-18-6-9-23-42(38)52(48)50)49-33-31-47(43-24-10-11-25-44(43)49)55-57-53(45-26-12-19-36-16-4-7-21-40(36)45)56-54(58-55)46-27-13-20-37-17-5-8-22-41(37)46/h1-34H. The molecular weight excluding hydrogens is 717 g/mol. The van der Waals surface area contributed by atoms with Gasteiger partial charge in [-0.15, -0.1) is 0 Å². The predicted molar refractivity (Wildman–Crippen MR) is 246 cm³/mol. The summed E-state index contributed by atoms with van der Waals surface area (Å²) in [7, 11) is 0. The number of fused-ring (bicyclic) bond motifs is 8. The molecule has 12 rings (SSSR count). The first-order chi connectivity index (χ1) is 29.3. The van der Waals surface area contributed by atoms with Crippen LogP contribution in [-0.2, 0) is 0 Å². The molecule has 0 aliphatic rings. The Kier molecular flexibility index (Phi) is 7.50. The second-order valence-electron chi connectivity index (χ2n) is 15.2. The van der Waals surface area contributed by atoms with E-state index in [1.165, 1.54) is 38.2 Å². The Balaban J connectivity index is 1.13. The minimum absolute atomic E-state index is 0.633. The lowest BCUT2D eigenvalue weighted by molar-refractivity contribution is 1.08. The van der Waals surface area contributed by atoms with Crippen LogP contribution in [0.2, 0.25) is 0 Å². The van der Waals surface area contributed by atoms with Crippen molar-refractivity contribution in [2.75, 3.05) is 0 Å². The summed E-state index contributed by atoms with van der Waals surface area (Å²) in [6.07, 6.45) is 0. The normalized spacial score (nSPS) is 11.7. The van der Waals surface area contributed by atoms with Gasteiger partial charge in [-0.05, 0) is 73.1 Å². The molecule has 10 aromatic carbocycles. The Morgan fingerprint density at radius 3 is 1.44 bits per heavy atom. The molecule has 0 unspecified atom stereocenters. The van der Waals surface area contributed by atoms with E-state index >= 15 is 0 Å². The zero-order valence-electron chi connectivity index (χ0n) is 31.9. The maximum Gasteiger partial charge on any atom is 0.164 e. The second kappa shape index (κ2) is 13.3. The largest absolute Gasteiger partial charge is 0.309 e. The van der Waals surface area contributed by atoms with Crippen LogP contribution in [0.3, 0.4) is 0 Å². The Morgan fingerprint density at radius 1 is 0.288 bits per heavy atom. The van der Waals surface area contributed by atoms with Crippen LogP contribution in [0.15, 0.2) is 206 Å². The maximum absolute atomic E-state index is 5.32. The van der Waals surface area contributed by atoms with Crippen LogP contribution in [-0.4, -0.2) is 19.5 Å². The SMILES string of the molecule is c1ccc(-c2ccc3c4c5ccccc5ccc4n(-c4ccc(-c5nc(-c6cccc7ccccc67)nc(-c6cccc7ccccc67)n5)c5ccccc45)c3c2)cc1. The van der Waals surface area contributed by atoms with E-state index in [-0.39, 0.29) is 0 Å². The lowest BCUT2D eigenvalue weighted by Crippen LogP contribution is -2.02. The molecule has 0 fully saturated rings. The van der Waals surface area contributed by atoms with Gasteiger partial charge in [0.05, 0.1) is 16.7 Å². The molecule has 59 heavy (non-hydrogen) atoms. The zero-order valence-corrected chi connectivity index (χ0v) is 31.9. The first-order valence-corrected chi connectivity index (χ1v) is 20.0. The highest BCUT2D eigenvalue weighted by Crippen LogP contribution is 2.42. The molecule has 4 heteroatoms. The van der Waals surface area contributed by atoms with Gasteiger partial charge in [-0.25, -0.2) is 15.0 Å². The highest BCUT2D eigenvalue weighted by Gasteiger charge is 2.21. The highest BCUT2D eigenvalue weighted by atomic mass is 15.0. The van der Waals surface area contributed by atoms with E-state index in [9.17, 15) is 0 Å². The van der Waals surface area contributed by atoms with Crippen molar-refractivity contribution in [1.29, 1.82) is 0 Å². The molecule has 0 N–H and O–H groups in total. The summed E-state index contributed by atoms with van der Waals surface area (Å²) in [6, 6.07) is 73.4. The van der Waals surface area contributed by atoms with Crippen LogP contribution >= 0.6 is 0 Å². The van der Waals surface area contributed by atoms with Gasteiger partial charge in [-0.1, -0.05) is 182 Å². The van der Waals surface area contributed by atoms with E-state index in [2.05, 4.69) is 211 Å². The molecule has 0 bridgehead atoms. The van der Waals surface area contributed by atoms with E-state index in [0.717, 1.165) is 60.2 Å². The Hall–Kier alpha value is -7.95. The van der Waals surface area contributed by atoms with Gasteiger partial charge in [0.15, 0.2) is 17.5 Å². The van der Waals surface area contributed by atoms with Crippen LogP contribution in [0.5, 0.6) is 0 Å². The van der Waals surface area contributed by atoms with Crippen LogP contribution < -0.4 is 0 Å². The molecule has 0 aliphatic heterocycles. The minimum atomic E-state index is 0.633. The molecule has 0 atom stereocenters. The van der Waals surface area contributed by atoms with E-state index < -0.39 is 0 Å². The first kappa shape index (κ1) is 33.2. The van der Waals surface area contributed by atoms with E-state index in [1.807, 2.05) is 0 Å². The fraction of sp³-hybridized carbons (Fsp3) is 0. The molecule has 4 nitrogen and oxygen atoms in total. The van der Waals surface area contributed by atoms with E-state index in [0.29, 0.717) is 17.5 Å². The Morgan fingerprint density at radius 2 is 0.797 bits per heavy atom. The van der Waals surface area contributed by atoms with Gasteiger partial charge >= 0.3 is 0 Å². The van der Waals surface area contributed by atoms with Crippen LogP contribution in [0, 0.1) is 0 Å². The van der Waals surface area contributed by atoms with Crippen molar-refractivity contribution in [3.63, 3.8) is 0 Å². The average molecular weight is 751 g/mol. The summed E-state index contributed by atoms with van der Waals surface area (Å²) < 4.78 is 2.45. The van der Waals surface area contributed by atoms with Crippen LogP contribution in [0.1, 0.15) is 0 Å². The minimum Gasteiger partial charge on any atom is -0.309 e. The third-order valence-electron chi connectivity index (χ3n) is 11.8. The topological polar surface area (TPSA) is 43.6 Å². The fourth-order valence-electron chi connectivity index (χ4n) is 9.11. The molecule has 2 heterocycles. The summed E-state index contributed by atoms with van der Waals surface area (Å²) in [6.45, 7) is 0. The number of nitrogens with zero attached hydrogens (tertiary/aromatic N) is 4. The van der Waals surface area contributed by atoms with E-state index in [4.69, 9.17) is 15.0 Å². The van der Waals surface area contributed by atoms with Gasteiger partial charge in [0.25, 0.3) is 0 Å². The fourth-order valence-corrected chi connectivity index (χ4v) is 9.11. The monoisotopic (exact) mass is 750 g/mol. The van der Waals surface area contributed by atoms with Gasteiger partial charge in [0.1, 0.15) is 0 Å². The zero-order chi connectivity index (χ0) is 38.9. The van der Waals surface area contributed by atoms with Crippen LogP contribution in [0.4, 0.5) is 0 Å². The molecule has 0 aliphatic carbocycles. The number of rotatable bonds is 5. The molecule has 0 amide bonds. The van der Waals surface area contributed by atoms with Crippen molar-refractivity contribution in [2.45, 2.75) is 0 Å². The van der Waals surface area contributed by atoms with Crippen molar-refractivity contribution >= 4 is 64.9 Å². The van der Waals surface area contributed by atoms with Crippen molar-refractivity contribution < 1.29 is 0 Å². The summed E-state index contributed by atoms with van der Waals surface area (Å²) in [5, 5.41) is 11.6. The molecule has 0 radical (unpaired) electrons. The second-order valence-corrected chi connectivity index (χ2v) is 15.2. The lowest BCUT2D eigenvalue weighted by Gasteiger charge is -2.16. The summed E-state index contributed by atoms with van der Waals surface area (Å²) >= 11 is 0. The maximum atomic E-state index is 5.32. The number of benzene rings is 10. The number of aromatic nitrogens is 4. The van der Waals surface area contributed by atoms with E-state index in [1.54, 1.807) is 0 Å². The molecule has 0 saturated carbocycles. The van der Waals surface area contributed by atoms with Crippen molar-refractivity contribution in [1.82, 2.24) is 19.5 Å². The van der Waals surface area contributed by atoms with Gasteiger partial charge in [-0.2, -0.15) is 0 Å². The smallest absolute Gasteiger partial charge is 0.164 e. The molecule has 274 valence electrons. The molecule has 0 saturated heterocycles. The molecular formula is C55H34N4. The molecule has 2 aromatic heterocycles. The number of hydrogen-bond acceptors (Lipinski definition) is 3. The summed E-state index contributed by atoms with van der Waals surface area (Å²) in [4.78, 5) is 15.9. The van der Waals surface area contributed by atoms with Crippen molar-refractivity contribution in [2.24, 2.45) is 0 Å². The van der Waals surface area contributed by atoms with Gasteiger partial charge in [-0.3, -0.25) is 0 Å². The third kappa shape index (κ3) is 5.34. The predicted octanol–water partition coefficient (Wildman–Crippen LogP) is 14.2. The average Bonchev–Trinajstić information content (AvgIpc) is 3.65. The number of hydrogen-bond donors (Lipinski definition) is 0. The quantitative estimate of drug-likeness (QED) is 0.176. The summed E-state index contributed by atoms with van der Waals surface area (Å²) in [5.74, 6) is 1.92. The molecule has 12 aromatic rings. The molecule has 0 spiro atoms. The Labute approximate surface area is 340 Å². The van der Waals surface area contributed by atoms with Crippen LogP contribution in [0.25, 0.3) is 116 Å². The van der Waals surface area contributed by atoms with Gasteiger partial charge in [0, 0.05) is 32.8 Å².